The lowest BCUT2D eigenvalue weighted by molar-refractivity contribution is -0.120. The lowest BCUT2D eigenvalue weighted by Gasteiger charge is -2.05. The van der Waals surface area contributed by atoms with Crippen molar-refractivity contribution in [1.29, 1.82) is 0 Å². The summed E-state index contributed by atoms with van der Waals surface area (Å²) in [6, 6.07) is 8.32. The molecule has 2 aromatic rings. The maximum atomic E-state index is 12.0. The highest BCUT2D eigenvalue weighted by molar-refractivity contribution is 5.97. The van der Waals surface area contributed by atoms with Gasteiger partial charge in [0.2, 0.25) is 6.79 Å². The number of nitrogens with one attached hydrogen (secondary N) is 2. The van der Waals surface area contributed by atoms with Crippen LogP contribution in [0.2, 0.25) is 0 Å². The number of hydrogen-bond donors (Lipinski definition) is 2. The second kappa shape index (κ2) is 6.86. The van der Waals surface area contributed by atoms with Crippen molar-refractivity contribution in [3.05, 3.63) is 47.4 Å². The summed E-state index contributed by atoms with van der Waals surface area (Å²) in [5.74, 6) is 1.52. The molecule has 1 aromatic heterocycles. The highest BCUT2D eigenvalue weighted by Gasteiger charge is 2.16. The molecule has 2 N–H and O–H groups in total. The van der Waals surface area contributed by atoms with Crippen LogP contribution in [-0.2, 0) is 4.79 Å². The summed E-state index contributed by atoms with van der Waals surface area (Å²) in [5, 5.41) is 6.24. The van der Waals surface area contributed by atoms with Gasteiger partial charge < -0.3 is 19.2 Å². The van der Waals surface area contributed by atoms with Gasteiger partial charge >= 0.3 is 0 Å². The van der Waals surface area contributed by atoms with E-state index in [9.17, 15) is 9.59 Å². The molecule has 24 heavy (non-hydrogen) atoms. The fourth-order valence-corrected chi connectivity index (χ4v) is 2.03. The fraction of sp³-hybridized carbons (Fsp3) is 0.188. The highest BCUT2D eigenvalue weighted by Crippen LogP contribution is 2.32. The molecule has 0 aliphatic carbocycles. The molecule has 8 nitrogen and oxygen atoms in total. The smallest absolute Gasteiger partial charge is 0.259 e. The van der Waals surface area contributed by atoms with Crippen LogP contribution in [0.15, 0.2) is 39.9 Å². The summed E-state index contributed by atoms with van der Waals surface area (Å²) in [6.07, 6.45) is 1.38. The number of ether oxygens (including phenoxy) is 2. The van der Waals surface area contributed by atoms with Crippen molar-refractivity contribution < 1.29 is 23.5 Å². The van der Waals surface area contributed by atoms with Crippen LogP contribution in [-0.4, -0.2) is 31.4 Å². The van der Waals surface area contributed by atoms with Gasteiger partial charge in [0.15, 0.2) is 11.5 Å². The molecular formula is C16H15N3O5. The number of carbonyl (C=O) groups excluding carboxylic acids is 2. The van der Waals surface area contributed by atoms with Gasteiger partial charge in [-0.3, -0.25) is 9.59 Å². The van der Waals surface area contributed by atoms with Crippen molar-refractivity contribution in [1.82, 2.24) is 10.7 Å². The van der Waals surface area contributed by atoms with Crippen LogP contribution < -0.4 is 20.2 Å². The monoisotopic (exact) mass is 329 g/mol. The summed E-state index contributed by atoms with van der Waals surface area (Å²) in [7, 11) is 0. The minimum absolute atomic E-state index is 0.135. The minimum Gasteiger partial charge on any atom is -0.460 e. The summed E-state index contributed by atoms with van der Waals surface area (Å²) < 4.78 is 15.6. The first kappa shape index (κ1) is 15.6. The maximum absolute atomic E-state index is 12.0. The van der Waals surface area contributed by atoms with E-state index in [0.717, 1.165) is 5.76 Å². The molecule has 1 aromatic carbocycles. The Morgan fingerprint density at radius 2 is 2.04 bits per heavy atom. The first-order valence-electron chi connectivity index (χ1n) is 7.18. The zero-order chi connectivity index (χ0) is 16.9. The number of carbonyl (C=O) groups is 2. The quantitative estimate of drug-likeness (QED) is 0.634. The predicted octanol–water partition coefficient (Wildman–Crippen LogP) is 1.20. The van der Waals surface area contributed by atoms with Gasteiger partial charge in [-0.1, -0.05) is 0 Å². The van der Waals surface area contributed by atoms with Crippen LogP contribution in [0.4, 0.5) is 0 Å². The Kier molecular flexibility index (Phi) is 4.46. The molecule has 0 spiro atoms. The van der Waals surface area contributed by atoms with Gasteiger partial charge in [-0.2, -0.15) is 5.10 Å². The van der Waals surface area contributed by atoms with Crippen molar-refractivity contribution >= 4 is 18.0 Å². The van der Waals surface area contributed by atoms with Gasteiger partial charge in [0, 0.05) is 5.56 Å². The van der Waals surface area contributed by atoms with Crippen LogP contribution >= 0.6 is 0 Å². The average Bonchev–Trinajstić information content (AvgIpc) is 3.20. The molecule has 0 bridgehead atoms. The van der Waals surface area contributed by atoms with E-state index < -0.39 is 11.8 Å². The Labute approximate surface area is 137 Å². The van der Waals surface area contributed by atoms with Crippen LogP contribution in [0.3, 0.4) is 0 Å². The second-order valence-electron chi connectivity index (χ2n) is 4.99. The van der Waals surface area contributed by atoms with E-state index in [2.05, 4.69) is 15.8 Å². The second-order valence-corrected chi connectivity index (χ2v) is 4.99. The molecule has 1 aliphatic heterocycles. The number of aryl methyl sites for hydroxylation is 1. The SMILES string of the molecule is Cc1ccc(/C=N/NC(=O)CNC(=O)c2ccc3c(c2)OCO3)o1. The lowest BCUT2D eigenvalue weighted by atomic mass is 10.2. The minimum atomic E-state index is -0.455. The van der Waals surface area contributed by atoms with Gasteiger partial charge in [0.1, 0.15) is 11.5 Å². The average molecular weight is 329 g/mol. The standard InChI is InChI=1S/C16H15N3O5/c1-10-2-4-12(24-10)7-18-19-15(20)8-17-16(21)11-3-5-13-14(6-11)23-9-22-13/h2-7H,8-9H2,1H3,(H,17,21)(H,19,20)/b18-7+. The Morgan fingerprint density at radius 3 is 2.83 bits per heavy atom. The van der Waals surface area contributed by atoms with E-state index in [0.29, 0.717) is 22.8 Å². The molecule has 8 heteroatoms. The first-order chi connectivity index (χ1) is 11.6. The number of fused-ring (bicyclic) bond motifs is 1. The molecular weight excluding hydrogens is 314 g/mol. The molecule has 0 saturated carbocycles. The van der Waals surface area contributed by atoms with Crippen molar-refractivity contribution in [3.8, 4) is 11.5 Å². The lowest BCUT2D eigenvalue weighted by Crippen LogP contribution is -2.34. The van der Waals surface area contributed by atoms with Crippen LogP contribution in [0.5, 0.6) is 11.5 Å². The van der Waals surface area contributed by atoms with Gasteiger partial charge in [0.05, 0.1) is 12.8 Å². The van der Waals surface area contributed by atoms with Gasteiger partial charge in [-0.05, 0) is 37.3 Å². The number of hydrogen-bond acceptors (Lipinski definition) is 6. The zero-order valence-corrected chi connectivity index (χ0v) is 12.9. The summed E-state index contributed by atoms with van der Waals surface area (Å²) >= 11 is 0. The third kappa shape index (κ3) is 3.72. The Balaban J connectivity index is 1.47. The molecule has 1 aliphatic rings. The summed E-state index contributed by atoms with van der Waals surface area (Å²) in [4.78, 5) is 23.7. The van der Waals surface area contributed by atoms with E-state index in [1.165, 1.54) is 6.21 Å². The predicted molar refractivity (Wildman–Crippen MR) is 84.1 cm³/mol. The number of furan rings is 1. The van der Waals surface area contributed by atoms with E-state index >= 15 is 0 Å². The number of hydrazone groups is 1. The molecule has 0 saturated heterocycles. The van der Waals surface area contributed by atoms with E-state index in [1.807, 2.05) is 6.92 Å². The van der Waals surface area contributed by atoms with E-state index in [1.54, 1.807) is 30.3 Å². The molecule has 3 rings (SSSR count). The van der Waals surface area contributed by atoms with Gasteiger partial charge in [-0.25, -0.2) is 5.43 Å². The van der Waals surface area contributed by atoms with E-state index in [-0.39, 0.29) is 13.3 Å². The largest absolute Gasteiger partial charge is 0.460 e. The zero-order valence-electron chi connectivity index (χ0n) is 12.9. The summed E-state index contributed by atoms with van der Waals surface area (Å²) in [6.45, 7) is 1.74. The third-order valence-electron chi connectivity index (χ3n) is 3.19. The third-order valence-corrected chi connectivity index (χ3v) is 3.19. The molecule has 0 fully saturated rings. The molecule has 0 unspecified atom stereocenters. The summed E-state index contributed by atoms with van der Waals surface area (Å²) in [5.41, 5.74) is 2.68. The topological polar surface area (TPSA) is 102 Å². The number of nitrogens with zero attached hydrogens (tertiary/aromatic N) is 1. The van der Waals surface area contributed by atoms with Crippen LogP contribution in [0.25, 0.3) is 0 Å². The number of amides is 2. The Hall–Kier alpha value is -3.29. The first-order valence-corrected chi connectivity index (χ1v) is 7.18. The van der Waals surface area contributed by atoms with Crippen LogP contribution in [0.1, 0.15) is 21.9 Å². The Bertz CT molecular complexity index is 797. The molecule has 2 heterocycles. The number of rotatable bonds is 5. The normalized spacial score (nSPS) is 12.4. The fourth-order valence-electron chi connectivity index (χ4n) is 2.03. The van der Waals surface area contributed by atoms with Crippen molar-refractivity contribution in [2.45, 2.75) is 6.92 Å². The van der Waals surface area contributed by atoms with Crippen molar-refractivity contribution in [2.75, 3.05) is 13.3 Å². The Morgan fingerprint density at radius 1 is 1.21 bits per heavy atom. The van der Waals surface area contributed by atoms with E-state index in [4.69, 9.17) is 13.9 Å². The van der Waals surface area contributed by atoms with Gasteiger partial charge in [0.25, 0.3) is 11.8 Å². The molecule has 0 atom stereocenters. The molecule has 0 radical (unpaired) electrons. The maximum Gasteiger partial charge on any atom is 0.259 e. The highest BCUT2D eigenvalue weighted by atomic mass is 16.7. The van der Waals surface area contributed by atoms with Gasteiger partial charge in [-0.15, -0.1) is 0 Å². The molecule has 124 valence electrons. The van der Waals surface area contributed by atoms with Crippen molar-refractivity contribution in [2.24, 2.45) is 5.10 Å². The molecule has 2 amide bonds. The van der Waals surface area contributed by atoms with Crippen LogP contribution in [0, 0.1) is 6.92 Å². The van der Waals surface area contributed by atoms with Crippen molar-refractivity contribution in [3.63, 3.8) is 0 Å². The number of benzene rings is 1.